The Kier molecular flexibility index (Phi) is 3.04. The Bertz CT molecular complexity index is 497. The van der Waals surface area contributed by atoms with Gasteiger partial charge in [-0.3, -0.25) is 4.79 Å². The van der Waals surface area contributed by atoms with Crippen molar-refractivity contribution in [2.24, 2.45) is 5.73 Å². The number of anilines is 1. The number of rotatable bonds is 2. The SMILES string of the molecule is NC1(C(=O)Nc2ccc3c(c2)OCCO3)CCOC1. The zero-order valence-corrected chi connectivity index (χ0v) is 10.5. The molecule has 1 saturated heterocycles. The summed E-state index contributed by atoms with van der Waals surface area (Å²) >= 11 is 0. The molecule has 1 aromatic rings. The van der Waals surface area contributed by atoms with Crippen LogP contribution in [0.2, 0.25) is 0 Å². The highest BCUT2D eigenvalue weighted by Crippen LogP contribution is 2.33. The molecule has 1 unspecified atom stereocenters. The van der Waals surface area contributed by atoms with Crippen LogP contribution < -0.4 is 20.5 Å². The molecule has 0 aromatic heterocycles. The molecule has 1 aromatic carbocycles. The lowest BCUT2D eigenvalue weighted by atomic mass is 9.99. The topological polar surface area (TPSA) is 82.8 Å². The fourth-order valence-corrected chi connectivity index (χ4v) is 2.14. The summed E-state index contributed by atoms with van der Waals surface area (Å²) in [5.41, 5.74) is 5.70. The smallest absolute Gasteiger partial charge is 0.246 e. The lowest BCUT2D eigenvalue weighted by molar-refractivity contribution is -0.121. The summed E-state index contributed by atoms with van der Waals surface area (Å²) in [7, 11) is 0. The van der Waals surface area contributed by atoms with Crippen molar-refractivity contribution in [2.45, 2.75) is 12.0 Å². The number of hydrogen-bond donors (Lipinski definition) is 2. The summed E-state index contributed by atoms with van der Waals surface area (Å²) in [6, 6.07) is 5.29. The van der Waals surface area contributed by atoms with Crippen molar-refractivity contribution in [1.29, 1.82) is 0 Å². The first-order chi connectivity index (χ1) is 9.17. The van der Waals surface area contributed by atoms with E-state index < -0.39 is 5.54 Å². The fraction of sp³-hybridized carbons (Fsp3) is 0.462. The molecule has 0 radical (unpaired) electrons. The minimum atomic E-state index is -0.937. The van der Waals surface area contributed by atoms with E-state index in [2.05, 4.69) is 5.32 Å². The van der Waals surface area contributed by atoms with Crippen molar-refractivity contribution < 1.29 is 19.0 Å². The van der Waals surface area contributed by atoms with Crippen LogP contribution in [-0.4, -0.2) is 37.9 Å². The van der Waals surface area contributed by atoms with Crippen LogP contribution in [0.3, 0.4) is 0 Å². The quantitative estimate of drug-likeness (QED) is 0.813. The first-order valence-electron chi connectivity index (χ1n) is 6.25. The minimum Gasteiger partial charge on any atom is -0.486 e. The van der Waals surface area contributed by atoms with Gasteiger partial charge >= 0.3 is 0 Å². The van der Waals surface area contributed by atoms with Gasteiger partial charge in [0.05, 0.1) is 6.61 Å². The molecule has 0 aliphatic carbocycles. The number of nitrogens with two attached hydrogens (primary N) is 1. The number of fused-ring (bicyclic) bond motifs is 1. The molecule has 0 saturated carbocycles. The zero-order valence-electron chi connectivity index (χ0n) is 10.5. The van der Waals surface area contributed by atoms with Gasteiger partial charge in [-0.15, -0.1) is 0 Å². The number of nitrogens with one attached hydrogen (secondary N) is 1. The summed E-state index contributed by atoms with van der Waals surface area (Å²) < 4.78 is 16.1. The van der Waals surface area contributed by atoms with Crippen molar-refractivity contribution >= 4 is 11.6 Å². The summed E-state index contributed by atoms with van der Waals surface area (Å²) in [5.74, 6) is 1.09. The van der Waals surface area contributed by atoms with E-state index in [9.17, 15) is 4.79 Å². The van der Waals surface area contributed by atoms with Crippen LogP contribution in [0, 0.1) is 0 Å². The average Bonchev–Trinajstić information content (AvgIpc) is 2.87. The Morgan fingerprint density at radius 3 is 2.74 bits per heavy atom. The van der Waals surface area contributed by atoms with Crippen molar-refractivity contribution in [3.05, 3.63) is 18.2 Å². The molecule has 2 aliphatic rings. The van der Waals surface area contributed by atoms with Crippen LogP contribution in [-0.2, 0) is 9.53 Å². The number of carbonyl (C=O) groups excluding carboxylic acids is 1. The molecule has 6 heteroatoms. The number of ether oxygens (including phenoxy) is 3. The van der Waals surface area contributed by atoms with E-state index in [-0.39, 0.29) is 12.5 Å². The van der Waals surface area contributed by atoms with Crippen LogP contribution in [0.4, 0.5) is 5.69 Å². The molecule has 3 N–H and O–H groups in total. The number of carbonyl (C=O) groups is 1. The van der Waals surface area contributed by atoms with E-state index in [1.807, 2.05) is 0 Å². The molecule has 2 aliphatic heterocycles. The molecule has 1 atom stereocenters. The van der Waals surface area contributed by atoms with Crippen LogP contribution >= 0.6 is 0 Å². The van der Waals surface area contributed by atoms with Gasteiger partial charge in [0.2, 0.25) is 5.91 Å². The van der Waals surface area contributed by atoms with Crippen molar-refractivity contribution in [3.8, 4) is 11.5 Å². The molecule has 1 fully saturated rings. The van der Waals surface area contributed by atoms with E-state index in [4.69, 9.17) is 19.9 Å². The van der Waals surface area contributed by atoms with Crippen LogP contribution in [0.5, 0.6) is 11.5 Å². The van der Waals surface area contributed by atoms with Gasteiger partial charge in [0.15, 0.2) is 11.5 Å². The normalized spacial score (nSPS) is 25.1. The molecule has 6 nitrogen and oxygen atoms in total. The molecule has 3 rings (SSSR count). The third-order valence-electron chi connectivity index (χ3n) is 3.30. The van der Waals surface area contributed by atoms with Crippen molar-refractivity contribution in [2.75, 3.05) is 31.7 Å². The van der Waals surface area contributed by atoms with Crippen LogP contribution in [0.15, 0.2) is 18.2 Å². The lowest BCUT2D eigenvalue weighted by Crippen LogP contribution is -2.51. The van der Waals surface area contributed by atoms with Gasteiger partial charge in [-0.05, 0) is 18.6 Å². The van der Waals surface area contributed by atoms with Gasteiger partial charge in [-0.2, -0.15) is 0 Å². The highest BCUT2D eigenvalue weighted by atomic mass is 16.6. The van der Waals surface area contributed by atoms with Crippen LogP contribution in [0.25, 0.3) is 0 Å². The fourth-order valence-electron chi connectivity index (χ4n) is 2.14. The Hall–Kier alpha value is -1.79. The number of amides is 1. The highest BCUT2D eigenvalue weighted by Gasteiger charge is 2.38. The summed E-state index contributed by atoms with van der Waals surface area (Å²) in [4.78, 5) is 12.1. The van der Waals surface area contributed by atoms with E-state index in [0.717, 1.165) is 0 Å². The Morgan fingerprint density at radius 1 is 1.21 bits per heavy atom. The molecule has 1 amide bonds. The largest absolute Gasteiger partial charge is 0.486 e. The van der Waals surface area contributed by atoms with E-state index >= 15 is 0 Å². The molecule has 2 heterocycles. The number of benzene rings is 1. The van der Waals surface area contributed by atoms with Crippen molar-refractivity contribution in [1.82, 2.24) is 0 Å². The van der Waals surface area contributed by atoms with Gasteiger partial charge in [0.1, 0.15) is 18.8 Å². The van der Waals surface area contributed by atoms with Gasteiger partial charge in [-0.1, -0.05) is 0 Å². The maximum Gasteiger partial charge on any atom is 0.246 e. The van der Waals surface area contributed by atoms with E-state index in [1.54, 1.807) is 18.2 Å². The van der Waals surface area contributed by atoms with Gasteiger partial charge < -0.3 is 25.3 Å². The minimum absolute atomic E-state index is 0.235. The maximum atomic E-state index is 12.1. The monoisotopic (exact) mass is 264 g/mol. The second kappa shape index (κ2) is 4.71. The summed E-state index contributed by atoms with van der Waals surface area (Å²) in [6.07, 6.45) is 0.531. The van der Waals surface area contributed by atoms with Crippen LogP contribution in [0.1, 0.15) is 6.42 Å². The molecule has 0 spiro atoms. The molecule has 19 heavy (non-hydrogen) atoms. The molecular weight excluding hydrogens is 248 g/mol. The van der Waals surface area contributed by atoms with Gasteiger partial charge in [0, 0.05) is 18.4 Å². The Morgan fingerprint density at radius 2 is 2.00 bits per heavy atom. The van der Waals surface area contributed by atoms with E-state index in [1.165, 1.54) is 0 Å². The first-order valence-corrected chi connectivity index (χ1v) is 6.25. The Labute approximate surface area is 110 Å². The lowest BCUT2D eigenvalue weighted by Gasteiger charge is -2.22. The standard InChI is InChI=1S/C13H16N2O4/c14-13(3-4-17-8-13)12(16)15-9-1-2-10-11(7-9)19-6-5-18-10/h1-2,7H,3-6,8,14H2,(H,15,16). The predicted molar refractivity (Wildman–Crippen MR) is 68.4 cm³/mol. The van der Waals surface area contributed by atoms with Gasteiger partial charge in [-0.25, -0.2) is 0 Å². The molecule has 0 bridgehead atoms. The molecular formula is C13H16N2O4. The van der Waals surface area contributed by atoms with E-state index in [0.29, 0.717) is 43.4 Å². The maximum absolute atomic E-state index is 12.1. The molecule has 102 valence electrons. The summed E-state index contributed by atoms with van der Waals surface area (Å²) in [5, 5.41) is 2.79. The predicted octanol–water partition coefficient (Wildman–Crippen LogP) is 0.514. The first kappa shape index (κ1) is 12.3. The Balaban J connectivity index is 1.74. The summed E-state index contributed by atoms with van der Waals surface area (Å²) in [6.45, 7) is 1.83. The number of hydrogen-bond acceptors (Lipinski definition) is 5. The van der Waals surface area contributed by atoms with Crippen molar-refractivity contribution in [3.63, 3.8) is 0 Å². The average molecular weight is 264 g/mol. The second-order valence-corrected chi connectivity index (χ2v) is 4.77. The third-order valence-corrected chi connectivity index (χ3v) is 3.30. The highest BCUT2D eigenvalue weighted by molar-refractivity contribution is 5.98. The third kappa shape index (κ3) is 2.36. The second-order valence-electron chi connectivity index (χ2n) is 4.77. The zero-order chi connectivity index (χ0) is 13.3. The van der Waals surface area contributed by atoms with Gasteiger partial charge in [0.25, 0.3) is 0 Å².